The van der Waals surface area contributed by atoms with Crippen molar-refractivity contribution < 1.29 is 9.66 Å². The highest BCUT2D eigenvalue weighted by Crippen LogP contribution is 2.22. The van der Waals surface area contributed by atoms with Gasteiger partial charge in [0.2, 0.25) is 0 Å². The maximum absolute atomic E-state index is 10.6. The molecule has 0 aliphatic heterocycles. The van der Waals surface area contributed by atoms with Crippen LogP contribution in [0.25, 0.3) is 0 Å². The largest absolute Gasteiger partial charge is 0.385 e. The zero-order valence-corrected chi connectivity index (χ0v) is 12.1. The van der Waals surface area contributed by atoms with Crippen molar-refractivity contribution in [3.63, 3.8) is 0 Å². The van der Waals surface area contributed by atoms with Gasteiger partial charge >= 0.3 is 0 Å². The van der Waals surface area contributed by atoms with Crippen LogP contribution in [0.2, 0.25) is 0 Å². The van der Waals surface area contributed by atoms with Crippen LogP contribution in [0.1, 0.15) is 18.9 Å². The van der Waals surface area contributed by atoms with Crippen LogP contribution in [0.5, 0.6) is 0 Å². The number of benzene rings is 1. The van der Waals surface area contributed by atoms with E-state index in [0.29, 0.717) is 12.6 Å². The van der Waals surface area contributed by atoms with Gasteiger partial charge in [0.25, 0.3) is 5.69 Å². The van der Waals surface area contributed by atoms with Crippen LogP contribution in [0.4, 0.5) is 5.69 Å². The lowest BCUT2D eigenvalue weighted by atomic mass is 10.2. The van der Waals surface area contributed by atoms with Crippen molar-refractivity contribution in [3.05, 3.63) is 38.3 Å². The van der Waals surface area contributed by atoms with Crippen LogP contribution >= 0.6 is 15.9 Å². The predicted molar refractivity (Wildman–Crippen MR) is 73.6 cm³/mol. The van der Waals surface area contributed by atoms with E-state index in [1.807, 2.05) is 0 Å². The molecule has 0 heterocycles. The number of hydrogen-bond acceptors (Lipinski definition) is 4. The first-order valence-corrected chi connectivity index (χ1v) is 6.49. The molecule has 6 heteroatoms. The van der Waals surface area contributed by atoms with E-state index < -0.39 is 4.92 Å². The molecule has 0 aliphatic carbocycles. The van der Waals surface area contributed by atoms with Gasteiger partial charge in [0.1, 0.15) is 0 Å². The third-order valence-electron chi connectivity index (χ3n) is 2.64. The lowest BCUT2D eigenvalue weighted by Crippen LogP contribution is -2.26. The Morgan fingerprint density at radius 2 is 2.28 bits per heavy atom. The second kappa shape index (κ2) is 7.45. The summed E-state index contributed by atoms with van der Waals surface area (Å²) in [6.45, 7) is 3.47. The van der Waals surface area contributed by atoms with Gasteiger partial charge in [-0.2, -0.15) is 0 Å². The second-order valence-electron chi connectivity index (χ2n) is 4.10. The van der Waals surface area contributed by atoms with E-state index in [-0.39, 0.29) is 5.69 Å². The summed E-state index contributed by atoms with van der Waals surface area (Å²) in [4.78, 5) is 10.2. The quantitative estimate of drug-likeness (QED) is 0.620. The smallest absolute Gasteiger partial charge is 0.270 e. The molecule has 0 amide bonds. The third kappa shape index (κ3) is 4.72. The fraction of sp³-hybridized carbons (Fsp3) is 0.500. The number of nitro groups is 1. The number of nitro benzene ring substituents is 1. The van der Waals surface area contributed by atoms with E-state index in [4.69, 9.17) is 4.74 Å². The summed E-state index contributed by atoms with van der Waals surface area (Å²) in [5, 5.41) is 13.9. The van der Waals surface area contributed by atoms with E-state index in [2.05, 4.69) is 28.2 Å². The van der Waals surface area contributed by atoms with Gasteiger partial charge in [0, 0.05) is 42.9 Å². The molecular weight excluding hydrogens is 300 g/mol. The molecule has 1 rings (SSSR count). The van der Waals surface area contributed by atoms with Gasteiger partial charge < -0.3 is 10.1 Å². The fourth-order valence-corrected chi connectivity index (χ4v) is 1.98. The van der Waals surface area contributed by atoms with Crippen LogP contribution in [-0.2, 0) is 11.3 Å². The molecule has 0 aliphatic rings. The normalized spacial score (nSPS) is 12.4. The minimum absolute atomic E-state index is 0.0954. The Labute approximate surface area is 115 Å². The van der Waals surface area contributed by atoms with Gasteiger partial charge in [0.05, 0.1) is 4.92 Å². The van der Waals surface area contributed by atoms with Gasteiger partial charge in [-0.15, -0.1) is 0 Å². The molecule has 0 aromatic heterocycles. The van der Waals surface area contributed by atoms with Crippen molar-refractivity contribution in [3.8, 4) is 0 Å². The SMILES string of the molecule is COCCC(C)NCc1ccc([N+](=O)[O-])cc1Br. The average Bonchev–Trinajstić information content (AvgIpc) is 2.34. The van der Waals surface area contributed by atoms with Crippen LogP contribution < -0.4 is 5.32 Å². The molecule has 0 fully saturated rings. The Morgan fingerprint density at radius 1 is 1.56 bits per heavy atom. The summed E-state index contributed by atoms with van der Waals surface area (Å²) in [5.74, 6) is 0. The summed E-state index contributed by atoms with van der Waals surface area (Å²) in [7, 11) is 1.68. The number of nitrogens with one attached hydrogen (secondary N) is 1. The molecular formula is C12H17BrN2O3. The van der Waals surface area contributed by atoms with Crippen LogP contribution in [0.15, 0.2) is 22.7 Å². The van der Waals surface area contributed by atoms with Crippen molar-refractivity contribution in [2.24, 2.45) is 0 Å². The number of hydrogen-bond donors (Lipinski definition) is 1. The van der Waals surface area contributed by atoms with Gasteiger partial charge in [0.15, 0.2) is 0 Å². The van der Waals surface area contributed by atoms with Crippen molar-refractivity contribution in [1.82, 2.24) is 5.32 Å². The molecule has 18 heavy (non-hydrogen) atoms. The number of nitrogens with zero attached hydrogens (tertiary/aromatic N) is 1. The Balaban J connectivity index is 2.55. The zero-order chi connectivity index (χ0) is 13.5. The topological polar surface area (TPSA) is 64.4 Å². The average molecular weight is 317 g/mol. The van der Waals surface area contributed by atoms with Crippen LogP contribution in [0, 0.1) is 10.1 Å². The summed E-state index contributed by atoms with van der Waals surface area (Å²) in [6, 6.07) is 5.14. The Bertz CT molecular complexity index is 412. The Morgan fingerprint density at radius 3 is 2.83 bits per heavy atom. The second-order valence-corrected chi connectivity index (χ2v) is 4.95. The van der Waals surface area contributed by atoms with Gasteiger partial charge in [-0.1, -0.05) is 15.9 Å². The fourth-order valence-electron chi connectivity index (χ4n) is 1.47. The van der Waals surface area contributed by atoms with E-state index in [0.717, 1.165) is 23.1 Å². The number of ether oxygens (including phenoxy) is 1. The van der Waals surface area contributed by atoms with Crippen molar-refractivity contribution in [2.45, 2.75) is 25.9 Å². The highest BCUT2D eigenvalue weighted by Gasteiger charge is 2.09. The molecule has 0 bridgehead atoms. The minimum Gasteiger partial charge on any atom is -0.385 e. The van der Waals surface area contributed by atoms with Gasteiger partial charge in [-0.25, -0.2) is 0 Å². The van der Waals surface area contributed by atoms with Crippen molar-refractivity contribution in [2.75, 3.05) is 13.7 Å². The highest BCUT2D eigenvalue weighted by molar-refractivity contribution is 9.10. The molecule has 1 N–H and O–H groups in total. The van der Waals surface area contributed by atoms with Gasteiger partial charge in [-0.3, -0.25) is 10.1 Å². The molecule has 0 spiro atoms. The maximum Gasteiger partial charge on any atom is 0.270 e. The molecule has 0 radical (unpaired) electrons. The van der Waals surface area contributed by atoms with Gasteiger partial charge in [-0.05, 0) is 25.0 Å². The molecule has 1 atom stereocenters. The molecule has 0 saturated carbocycles. The molecule has 1 aromatic carbocycles. The number of methoxy groups -OCH3 is 1. The number of non-ortho nitro benzene ring substituents is 1. The lowest BCUT2D eigenvalue weighted by Gasteiger charge is -2.13. The van der Waals surface area contributed by atoms with E-state index in [1.165, 1.54) is 12.1 Å². The number of halogens is 1. The summed E-state index contributed by atoms with van der Waals surface area (Å²) < 4.78 is 5.76. The monoisotopic (exact) mass is 316 g/mol. The first kappa shape index (κ1) is 15.1. The van der Waals surface area contributed by atoms with E-state index in [9.17, 15) is 10.1 Å². The van der Waals surface area contributed by atoms with E-state index in [1.54, 1.807) is 13.2 Å². The number of rotatable bonds is 7. The maximum atomic E-state index is 10.6. The lowest BCUT2D eigenvalue weighted by molar-refractivity contribution is -0.384. The molecule has 5 nitrogen and oxygen atoms in total. The molecule has 1 unspecified atom stereocenters. The van der Waals surface area contributed by atoms with E-state index >= 15 is 0 Å². The van der Waals surface area contributed by atoms with Crippen molar-refractivity contribution in [1.29, 1.82) is 0 Å². The third-order valence-corrected chi connectivity index (χ3v) is 3.38. The van der Waals surface area contributed by atoms with Crippen LogP contribution in [0.3, 0.4) is 0 Å². The van der Waals surface area contributed by atoms with Crippen molar-refractivity contribution >= 4 is 21.6 Å². The first-order chi connectivity index (χ1) is 8.54. The summed E-state index contributed by atoms with van der Waals surface area (Å²) in [6.07, 6.45) is 0.932. The molecule has 0 saturated heterocycles. The summed E-state index contributed by atoms with van der Waals surface area (Å²) >= 11 is 3.35. The Kier molecular flexibility index (Phi) is 6.24. The standard InChI is InChI=1S/C12H17BrN2O3/c1-9(5-6-18-2)14-8-10-3-4-11(15(16)17)7-12(10)13/h3-4,7,9,14H,5-6,8H2,1-2H3. The highest BCUT2D eigenvalue weighted by atomic mass is 79.9. The Hall–Kier alpha value is -0.980. The predicted octanol–water partition coefficient (Wildman–Crippen LogP) is 2.87. The minimum atomic E-state index is -0.400. The van der Waals surface area contributed by atoms with Crippen LogP contribution in [-0.4, -0.2) is 24.7 Å². The first-order valence-electron chi connectivity index (χ1n) is 5.69. The molecule has 100 valence electrons. The summed E-state index contributed by atoms with van der Waals surface area (Å²) in [5.41, 5.74) is 1.10. The molecule has 1 aromatic rings. The zero-order valence-electron chi connectivity index (χ0n) is 10.5.